The Hall–Kier alpha value is -1.39. The van der Waals surface area contributed by atoms with Crippen LogP contribution in [0.3, 0.4) is 0 Å². The van der Waals surface area contributed by atoms with Crippen LogP contribution in [-0.4, -0.2) is 42.8 Å². The summed E-state index contributed by atoms with van der Waals surface area (Å²) in [5.41, 5.74) is 1.30. The molecular formula is C15H21ClN2O2. The van der Waals surface area contributed by atoms with E-state index in [9.17, 15) is 9.59 Å². The maximum Gasteiger partial charge on any atom is 0.254 e. The molecule has 1 aliphatic rings. The molecule has 0 bridgehead atoms. The lowest BCUT2D eigenvalue weighted by atomic mass is 10.1. The van der Waals surface area contributed by atoms with Crippen LogP contribution in [0.5, 0.6) is 0 Å². The highest BCUT2D eigenvalue weighted by molar-refractivity contribution is 5.97. The van der Waals surface area contributed by atoms with E-state index in [1.54, 1.807) is 24.3 Å². The molecule has 1 saturated heterocycles. The Morgan fingerprint density at radius 1 is 1.25 bits per heavy atom. The number of amides is 1. The number of benzene rings is 1. The van der Waals surface area contributed by atoms with Crippen LogP contribution < -0.4 is 5.32 Å². The Bertz CT molecular complexity index is 473. The summed E-state index contributed by atoms with van der Waals surface area (Å²) < 4.78 is 0. The van der Waals surface area contributed by atoms with Crippen molar-refractivity contribution in [1.82, 2.24) is 10.2 Å². The third-order valence-corrected chi connectivity index (χ3v) is 3.62. The second-order valence-corrected chi connectivity index (χ2v) is 4.99. The third kappa shape index (κ3) is 3.58. The van der Waals surface area contributed by atoms with Crippen LogP contribution in [0.4, 0.5) is 0 Å². The lowest BCUT2D eigenvalue weighted by Gasteiger charge is -2.24. The number of nitrogens with zero attached hydrogens (tertiary/aromatic N) is 1. The van der Waals surface area contributed by atoms with E-state index in [4.69, 9.17) is 0 Å². The second kappa shape index (κ2) is 7.41. The Kier molecular flexibility index (Phi) is 6.17. The number of likely N-dealkylation sites (N-methyl/N-ethyl adjacent to an activating group) is 1. The number of hydrogen-bond donors (Lipinski definition) is 1. The molecule has 2 rings (SSSR count). The number of Topliss-reactive ketones (excluding diaryl/α,β-unsaturated/α-hetero) is 1. The molecule has 0 radical (unpaired) electrons. The summed E-state index contributed by atoms with van der Waals surface area (Å²) in [4.78, 5) is 25.6. The number of halogens is 1. The maximum atomic E-state index is 12.4. The van der Waals surface area contributed by atoms with Gasteiger partial charge in [-0.15, -0.1) is 12.4 Å². The van der Waals surface area contributed by atoms with Crippen molar-refractivity contribution >= 4 is 24.1 Å². The summed E-state index contributed by atoms with van der Waals surface area (Å²) in [6, 6.07) is 7.21. The normalized spacial score (nSPS) is 17.7. The van der Waals surface area contributed by atoms with Gasteiger partial charge in [-0.25, -0.2) is 0 Å². The zero-order valence-corrected chi connectivity index (χ0v) is 12.7. The average Bonchev–Trinajstić information content (AvgIpc) is 2.87. The first kappa shape index (κ1) is 16.7. The molecule has 1 fully saturated rings. The van der Waals surface area contributed by atoms with Crippen LogP contribution in [0.2, 0.25) is 0 Å². The van der Waals surface area contributed by atoms with Crippen LogP contribution in [0.1, 0.15) is 40.5 Å². The molecular weight excluding hydrogens is 276 g/mol. The van der Waals surface area contributed by atoms with Gasteiger partial charge < -0.3 is 10.2 Å². The van der Waals surface area contributed by atoms with Crippen LogP contribution >= 0.6 is 12.4 Å². The molecule has 0 saturated carbocycles. The van der Waals surface area contributed by atoms with Gasteiger partial charge in [0.25, 0.3) is 5.91 Å². The molecule has 1 aliphatic heterocycles. The average molecular weight is 297 g/mol. The van der Waals surface area contributed by atoms with Gasteiger partial charge in [0.05, 0.1) is 0 Å². The van der Waals surface area contributed by atoms with E-state index < -0.39 is 0 Å². The number of hydrogen-bond acceptors (Lipinski definition) is 3. The largest absolute Gasteiger partial charge is 0.334 e. The molecule has 20 heavy (non-hydrogen) atoms. The van der Waals surface area contributed by atoms with E-state index in [2.05, 4.69) is 5.32 Å². The molecule has 1 atom stereocenters. The van der Waals surface area contributed by atoms with Crippen LogP contribution in [0.15, 0.2) is 24.3 Å². The number of likely N-dealkylation sites (tertiary alicyclic amines) is 1. The predicted molar refractivity (Wildman–Crippen MR) is 81.7 cm³/mol. The maximum absolute atomic E-state index is 12.4. The molecule has 1 aromatic carbocycles. The Balaban J connectivity index is 0.00000200. The van der Waals surface area contributed by atoms with Gasteiger partial charge in [0.15, 0.2) is 5.78 Å². The lowest BCUT2D eigenvalue weighted by Crippen LogP contribution is -2.40. The van der Waals surface area contributed by atoms with Gasteiger partial charge in [0, 0.05) is 30.3 Å². The summed E-state index contributed by atoms with van der Waals surface area (Å²) in [5, 5.41) is 3.13. The number of carbonyl (C=O) groups is 2. The molecule has 0 spiro atoms. The van der Waals surface area contributed by atoms with Gasteiger partial charge in [0.2, 0.25) is 0 Å². The molecule has 1 N–H and O–H groups in total. The van der Waals surface area contributed by atoms with E-state index in [0.29, 0.717) is 11.1 Å². The Morgan fingerprint density at radius 2 is 1.85 bits per heavy atom. The molecule has 1 amide bonds. The molecule has 1 heterocycles. The van der Waals surface area contributed by atoms with Crippen LogP contribution in [-0.2, 0) is 0 Å². The van der Waals surface area contributed by atoms with Gasteiger partial charge in [-0.1, -0.05) is 12.1 Å². The first-order valence-electron chi connectivity index (χ1n) is 6.70. The van der Waals surface area contributed by atoms with Crippen molar-refractivity contribution in [2.75, 3.05) is 20.1 Å². The van der Waals surface area contributed by atoms with Gasteiger partial charge in [0.1, 0.15) is 0 Å². The van der Waals surface area contributed by atoms with E-state index >= 15 is 0 Å². The van der Waals surface area contributed by atoms with Crippen molar-refractivity contribution in [3.05, 3.63) is 35.4 Å². The predicted octanol–water partition coefficient (Wildman–Crippen LogP) is 2.14. The van der Waals surface area contributed by atoms with Crippen LogP contribution in [0.25, 0.3) is 0 Å². The van der Waals surface area contributed by atoms with Gasteiger partial charge >= 0.3 is 0 Å². The van der Waals surface area contributed by atoms with Crippen molar-refractivity contribution in [2.24, 2.45) is 0 Å². The van der Waals surface area contributed by atoms with Crippen molar-refractivity contribution in [1.29, 1.82) is 0 Å². The summed E-state index contributed by atoms with van der Waals surface area (Å²) in [7, 11) is 1.91. The van der Waals surface area contributed by atoms with E-state index in [-0.39, 0.29) is 30.1 Å². The fourth-order valence-electron chi connectivity index (χ4n) is 2.56. The molecule has 0 aromatic heterocycles. The fraction of sp³-hybridized carbons (Fsp3) is 0.467. The van der Waals surface area contributed by atoms with Crippen molar-refractivity contribution in [3.63, 3.8) is 0 Å². The van der Waals surface area contributed by atoms with Gasteiger partial charge in [-0.2, -0.15) is 0 Å². The van der Waals surface area contributed by atoms with Gasteiger partial charge in [-0.3, -0.25) is 9.59 Å². The summed E-state index contributed by atoms with van der Waals surface area (Å²) in [5.74, 6) is 0.0843. The fourth-order valence-corrected chi connectivity index (χ4v) is 2.56. The highest BCUT2D eigenvalue weighted by atomic mass is 35.5. The first-order chi connectivity index (χ1) is 9.13. The highest BCUT2D eigenvalue weighted by Crippen LogP contribution is 2.20. The quantitative estimate of drug-likeness (QED) is 0.866. The molecule has 0 aliphatic carbocycles. The minimum absolute atomic E-state index is 0. The molecule has 5 heteroatoms. The topological polar surface area (TPSA) is 49.4 Å². The van der Waals surface area contributed by atoms with Crippen LogP contribution in [0, 0.1) is 0 Å². The van der Waals surface area contributed by atoms with E-state index in [1.165, 1.54) is 6.92 Å². The number of rotatable bonds is 4. The van der Waals surface area contributed by atoms with Gasteiger partial charge in [-0.05, 0) is 38.9 Å². The first-order valence-corrected chi connectivity index (χ1v) is 6.70. The standard InChI is InChI=1S/C15H20N2O2.ClH/c1-11(18)12-5-7-13(8-6-12)15(19)17-9-3-4-14(17)10-16-2;/h5-8,14,16H,3-4,9-10H2,1-2H3;1H. The lowest BCUT2D eigenvalue weighted by molar-refractivity contribution is 0.0736. The zero-order chi connectivity index (χ0) is 13.8. The Morgan fingerprint density at radius 3 is 2.40 bits per heavy atom. The summed E-state index contributed by atoms with van der Waals surface area (Å²) >= 11 is 0. The minimum Gasteiger partial charge on any atom is -0.334 e. The smallest absolute Gasteiger partial charge is 0.254 e. The third-order valence-electron chi connectivity index (χ3n) is 3.62. The Labute approximate surface area is 125 Å². The van der Waals surface area contributed by atoms with Crippen molar-refractivity contribution in [3.8, 4) is 0 Å². The highest BCUT2D eigenvalue weighted by Gasteiger charge is 2.28. The molecule has 1 unspecified atom stereocenters. The molecule has 110 valence electrons. The summed E-state index contributed by atoms with van der Waals surface area (Å²) in [6.45, 7) is 3.18. The molecule has 4 nitrogen and oxygen atoms in total. The minimum atomic E-state index is 0. The number of nitrogens with one attached hydrogen (secondary N) is 1. The number of ketones is 1. The molecule has 1 aromatic rings. The second-order valence-electron chi connectivity index (χ2n) is 4.99. The SMILES string of the molecule is CNCC1CCCN1C(=O)c1ccc(C(C)=O)cc1.Cl. The van der Waals surface area contributed by atoms with E-state index in [1.807, 2.05) is 11.9 Å². The van der Waals surface area contributed by atoms with E-state index in [0.717, 1.165) is 25.9 Å². The monoisotopic (exact) mass is 296 g/mol. The zero-order valence-electron chi connectivity index (χ0n) is 11.9. The van der Waals surface area contributed by atoms with Crippen molar-refractivity contribution in [2.45, 2.75) is 25.8 Å². The van der Waals surface area contributed by atoms with Crippen molar-refractivity contribution < 1.29 is 9.59 Å². The summed E-state index contributed by atoms with van der Waals surface area (Å²) in [6.07, 6.45) is 2.11. The number of carbonyl (C=O) groups excluding carboxylic acids is 2.